The smallest absolute Gasteiger partial charge is 0.351 e. The molecule has 0 bridgehead atoms. The number of nitrogens with zero attached hydrogens (tertiary/aromatic N) is 4. The maximum absolute atomic E-state index is 13.7. The topological polar surface area (TPSA) is 90.5 Å². The summed E-state index contributed by atoms with van der Waals surface area (Å²) in [4.78, 5) is 28.8. The molecule has 9 heteroatoms. The molecule has 1 amide bonds. The number of amides is 1. The van der Waals surface area contributed by atoms with Crippen LogP contribution in [0.2, 0.25) is 0 Å². The molecule has 1 N–H and O–H groups in total. The Morgan fingerprint density at radius 2 is 1.86 bits per heavy atom. The van der Waals surface area contributed by atoms with Crippen LogP contribution < -0.4 is 15.7 Å². The number of carbonyl (C=O) groups is 1. The van der Waals surface area contributed by atoms with Crippen molar-refractivity contribution >= 4 is 17.2 Å². The number of rotatable bonds is 5. The van der Waals surface area contributed by atoms with Crippen molar-refractivity contribution in [3.05, 3.63) is 83.3 Å². The lowest BCUT2D eigenvalue weighted by Gasteiger charge is -2.05. The Bertz CT molecular complexity index is 1200. The van der Waals surface area contributed by atoms with Crippen molar-refractivity contribution in [2.45, 2.75) is 6.54 Å². The number of hydrogen-bond acceptors (Lipinski definition) is 5. The van der Waals surface area contributed by atoms with Gasteiger partial charge in [-0.15, -0.1) is 5.10 Å². The fourth-order valence-corrected chi connectivity index (χ4v) is 2.59. The molecule has 4 rings (SSSR count). The Morgan fingerprint density at radius 1 is 1.11 bits per heavy atom. The van der Waals surface area contributed by atoms with Crippen LogP contribution >= 0.6 is 0 Å². The van der Waals surface area contributed by atoms with Crippen LogP contribution in [0.15, 0.2) is 71.8 Å². The van der Waals surface area contributed by atoms with Crippen LogP contribution in [0.5, 0.6) is 11.6 Å². The maximum atomic E-state index is 13.7. The monoisotopic (exact) mass is 379 g/mol. The molecular formula is C19H14FN5O3. The molecule has 0 saturated heterocycles. The summed E-state index contributed by atoms with van der Waals surface area (Å²) >= 11 is 0. The molecule has 2 aromatic carbocycles. The molecule has 28 heavy (non-hydrogen) atoms. The summed E-state index contributed by atoms with van der Waals surface area (Å²) in [6.45, 7) is -0.389. The van der Waals surface area contributed by atoms with Gasteiger partial charge < -0.3 is 10.1 Å². The van der Waals surface area contributed by atoms with Gasteiger partial charge in [0.05, 0.1) is 5.69 Å². The summed E-state index contributed by atoms with van der Waals surface area (Å²) in [5, 5.41) is 6.55. The molecule has 0 aliphatic heterocycles. The SMILES string of the molecule is O=C(Cn1nc2c(Oc3ccccc3)nccn2c1=O)Nc1ccccc1F. The molecule has 0 atom stereocenters. The van der Waals surface area contributed by atoms with Crippen LogP contribution in [-0.2, 0) is 11.3 Å². The minimum absolute atomic E-state index is 0.0269. The second-order valence-electron chi connectivity index (χ2n) is 5.81. The Labute approximate surface area is 157 Å². The number of carbonyl (C=O) groups excluding carboxylic acids is 1. The predicted octanol–water partition coefficient (Wildman–Crippen LogP) is 2.46. The van der Waals surface area contributed by atoms with E-state index in [4.69, 9.17) is 4.74 Å². The number of aromatic nitrogens is 4. The third-order valence-corrected chi connectivity index (χ3v) is 3.87. The van der Waals surface area contributed by atoms with E-state index in [0.717, 1.165) is 4.68 Å². The fraction of sp³-hybridized carbons (Fsp3) is 0.0526. The van der Waals surface area contributed by atoms with Crippen LogP contribution in [0, 0.1) is 5.82 Å². The number of nitrogens with one attached hydrogen (secondary N) is 1. The minimum atomic E-state index is -0.589. The Morgan fingerprint density at radius 3 is 2.64 bits per heavy atom. The first-order valence-corrected chi connectivity index (χ1v) is 8.33. The number of fused-ring (bicyclic) bond motifs is 1. The Kier molecular flexibility index (Phi) is 4.55. The maximum Gasteiger partial charge on any atom is 0.351 e. The number of para-hydroxylation sites is 2. The van der Waals surface area contributed by atoms with Crippen molar-refractivity contribution < 1.29 is 13.9 Å². The quantitative estimate of drug-likeness (QED) is 0.575. The van der Waals surface area contributed by atoms with Gasteiger partial charge in [0.25, 0.3) is 5.88 Å². The van der Waals surface area contributed by atoms with Gasteiger partial charge in [0.2, 0.25) is 11.6 Å². The Hall–Kier alpha value is -4.01. The fourth-order valence-electron chi connectivity index (χ4n) is 2.59. The van der Waals surface area contributed by atoms with Crippen LogP contribution in [0.25, 0.3) is 5.65 Å². The van der Waals surface area contributed by atoms with E-state index in [9.17, 15) is 14.0 Å². The number of hydrogen-bond donors (Lipinski definition) is 1. The van der Waals surface area contributed by atoms with E-state index in [1.165, 1.54) is 35.0 Å². The van der Waals surface area contributed by atoms with E-state index in [1.807, 2.05) is 6.07 Å². The highest BCUT2D eigenvalue weighted by Gasteiger charge is 2.16. The molecule has 2 heterocycles. The van der Waals surface area contributed by atoms with Crippen LogP contribution in [-0.4, -0.2) is 25.1 Å². The third kappa shape index (κ3) is 3.45. The van der Waals surface area contributed by atoms with Gasteiger partial charge in [-0.05, 0) is 24.3 Å². The van der Waals surface area contributed by atoms with Crippen LogP contribution in [0.3, 0.4) is 0 Å². The van der Waals surface area contributed by atoms with Crippen molar-refractivity contribution in [3.8, 4) is 11.6 Å². The van der Waals surface area contributed by atoms with Gasteiger partial charge in [-0.25, -0.2) is 23.3 Å². The van der Waals surface area contributed by atoms with E-state index < -0.39 is 17.4 Å². The molecule has 140 valence electrons. The molecular weight excluding hydrogens is 365 g/mol. The van der Waals surface area contributed by atoms with Gasteiger partial charge in [-0.3, -0.25) is 4.79 Å². The van der Waals surface area contributed by atoms with Crippen LogP contribution in [0.1, 0.15) is 0 Å². The standard InChI is InChI=1S/C19H14FN5O3/c20-14-8-4-5-9-15(14)22-16(26)12-25-19(27)24-11-10-21-18(17(24)23-25)28-13-6-2-1-3-7-13/h1-11H,12H2,(H,22,26). The molecule has 0 aliphatic carbocycles. The summed E-state index contributed by atoms with van der Waals surface area (Å²) in [6, 6.07) is 14.7. The van der Waals surface area contributed by atoms with Crippen molar-refractivity contribution in [2.24, 2.45) is 0 Å². The highest BCUT2D eigenvalue weighted by atomic mass is 19.1. The number of anilines is 1. The van der Waals surface area contributed by atoms with E-state index in [1.54, 1.807) is 30.3 Å². The summed E-state index contributed by atoms with van der Waals surface area (Å²) in [7, 11) is 0. The first-order chi connectivity index (χ1) is 13.6. The number of ether oxygens (including phenoxy) is 1. The lowest BCUT2D eigenvalue weighted by atomic mass is 10.3. The minimum Gasteiger partial charge on any atom is -0.436 e. The van der Waals surface area contributed by atoms with E-state index >= 15 is 0 Å². The second kappa shape index (κ2) is 7.31. The van der Waals surface area contributed by atoms with Gasteiger partial charge in [-0.2, -0.15) is 0 Å². The molecule has 4 aromatic rings. The zero-order chi connectivity index (χ0) is 19.5. The van der Waals surface area contributed by atoms with Gasteiger partial charge in [-0.1, -0.05) is 30.3 Å². The zero-order valence-electron chi connectivity index (χ0n) is 14.4. The molecule has 0 radical (unpaired) electrons. The number of benzene rings is 2. The average molecular weight is 379 g/mol. The Balaban J connectivity index is 1.61. The lowest BCUT2D eigenvalue weighted by Crippen LogP contribution is -2.28. The lowest BCUT2D eigenvalue weighted by molar-refractivity contribution is -0.117. The highest BCUT2D eigenvalue weighted by Crippen LogP contribution is 2.21. The third-order valence-electron chi connectivity index (χ3n) is 3.87. The number of halogens is 1. The molecule has 8 nitrogen and oxygen atoms in total. The molecule has 0 aliphatic rings. The van der Waals surface area contributed by atoms with E-state index in [2.05, 4.69) is 15.4 Å². The predicted molar refractivity (Wildman–Crippen MR) is 98.8 cm³/mol. The highest BCUT2D eigenvalue weighted by molar-refractivity contribution is 5.90. The summed E-state index contributed by atoms with van der Waals surface area (Å²) < 4.78 is 21.5. The normalized spacial score (nSPS) is 10.8. The van der Waals surface area contributed by atoms with Crippen molar-refractivity contribution in [1.82, 2.24) is 19.2 Å². The summed E-state index contributed by atoms with van der Waals surface area (Å²) in [6.07, 6.45) is 2.83. The molecule has 2 aromatic heterocycles. The average Bonchev–Trinajstić information content (AvgIpc) is 3.01. The molecule has 0 spiro atoms. The largest absolute Gasteiger partial charge is 0.436 e. The van der Waals surface area contributed by atoms with Gasteiger partial charge in [0, 0.05) is 12.4 Å². The molecule has 0 fully saturated rings. The molecule has 0 saturated carbocycles. The zero-order valence-corrected chi connectivity index (χ0v) is 14.4. The first-order valence-electron chi connectivity index (χ1n) is 8.33. The van der Waals surface area contributed by atoms with Crippen LogP contribution in [0.4, 0.5) is 10.1 Å². The van der Waals surface area contributed by atoms with Crippen molar-refractivity contribution in [2.75, 3.05) is 5.32 Å². The van der Waals surface area contributed by atoms with Gasteiger partial charge in [0.1, 0.15) is 18.1 Å². The second-order valence-corrected chi connectivity index (χ2v) is 5.81. The summed E-state index contributed by atoms with van der Waals surface area (Å²) in [5.41, 5.74) is -0.354. The van der Waals surface area contributed by atoms with E-state index in [0.29, 0.717) is 5.75 Å². The summed E-state index contributed by atoms with van der Waals surface area (Å²) in [5.74, 6) is -0.503. The first kappa shape index (κ1) is 17.4. The van der Waals surface area contributed by atoms with E-state index in [-0.39, 0.29) is 23.8 Å². The molecule has 0 unspecified atom stereocenters. The van der Waals surface area contributed by atoms with Crippen molar-refractivity contribution in [1.29, 1.82) is 0 Å². The van der Waals surface area contributed by atoms with Gasteiger partial charge >= 0.3 is 5.69 Å². The van der Waals surface area contributed by atoms with Gasteiger partial charge in [0.15, 0.2) is 0 Å². The van der Waals surface area contributed by atoms with Crippen molar-refractivity contribution in [3.63, 3.8) is 0 Å².